The van der Waals surface area contributed by atoms with E-state index in [-0.39, 0.29) is 18.8 Å². The Kier molecular flexibility index (Phi) is 6.54. The van der Waals surface area contributed by atoms with Crippen molar-refractivity contribution in [3.8, 4) is 5.75 Å². The van der Waals surface area contributed by atoms with E-state index >= 15 is 0 Å². The van der Waals surface area contributed by atoms with Crippen LogP contribution in [0.2, 0.25) is 10.0 Å². The number of nitrogens with zero attached hydrogens (tertiary/aromatic N) is 2. The first kappa shape index (κ1) is 20.2. The fraction of sp³-hybridized carbons (Fsp3) is 0.250. The second-order valence-corrected chi connectivity index (χ2v) is 6.91. The number of hydrogen-bond donors (Lipinski definition) is 0. The quantitative estimate of drug-likeness (QED) is 0.426. The summed E-state index contributed by atoms with van der Waals surface area (Å²) in [6.45, 7) is 2.08. The van der Waals surface area contributed by atoms with Gasteiger partial charge in [-0.2, -0.15) is 0 Å². The number of benzene rings is 2. The Balaban J connectivity index is 1.50. The number of halogens is 2. The van der Waals surface area contributed by atoms with Crippen LogP contribution in [-0.2, 0) is 16.1 Å². The van der Waals surface area contributed by atoms with Gasteiger partial charge >= 0.3 is 5.97 Å². The van der Waals surface area contributed by atoms with Crippen molar-refractivity contribution in [2.24, 2.45) is 0 Å². The molecular formula is C20H18Cl2N2O4. The van der Waals surface area contributed by atoms with E-state index < -0.39 is 5.97 Å². The molecule has 0 saturated heterocycles. The van der Waals surface area contributed by atoms with Crippen LogP contribution in [0.15, 0.2) is 47.3 Å². The molecule has 28 heavy (non-hydrogen) atoms. The van der Waals surface area contributed by atoms with Crippen molar-refractivity contribution in [2.45, 2.75) is 19.9 Å². The Bertz CT molecular complexity index is 1070. The maximum atomic E-state index is 12.6. The van der Waals surface area contributed by atoms with E-state index in [2.05, 4.69) is 4.98 Å². The lowest BCUT2D eigenvalue weighted by Crippen LogP contribution is -2.25. The summed E-state index contributed by atoms with van der Waals surface area (Å²) in [6.07, 6.45) is 0.480. The van der Waals surface area contributed by atoms with E-state index in [1.807, 2.05) is 12.1 Å². The predicted molar refractivity (Wildman–Crippen MR) is 108 cm³/mol. The normalized spacial score (nSPS) is 10.8. The van der Waals surface area contributed by atoms with Gasteiger partial charge in [0, 0.05) is 11.6 Å². The summed E-state index contributed by atoms with van der Waals surface area (Å²) in [5, 5.41) is 1.37. The SMILES string of the molecule is Cc1nc2ccccc2c(=O)n1CCCOC(=O)COc1ccc(Cl)cc1Cl. The number of aromatic nitrogens is 2. The van der Waals surface area contributed by atoms with Crippen LogP contribution in [0.3, 0.4) is 0 Å². The molecule has 0 unspecified atom stereocenters. The number of hydrogen-bond acceptors (Lipinski definition) is 5. The molecule has 2 aromatic carbocycles. The van der Waals surface area contributed by atoms with Gasteiger partial charge in [-0.1, -0.05) is 35.3 Å². The molecule has 0 saturated carbocycles. The number of carbonyl (C=O) groups excluding carboxylic acids is 1. The number of rotatable bonds is 7. The minimum absolute atomic E-state index is 0.102. The van der Waals surface area contributed by atoms with E-state index in [0.717, 1.165) is 0 Å². The van der Waals surface area contributed by atoms with Gasteiger partial charge < -0.3 is 9.47 Å². The third kappa shape index (κ3) is 4.82. The Labute approximate surface area is 171 Å². The molecule has 3 aromatic rings. The van der Waals surface area contributed by atoms with Gasteiger partial charge in [0.05, 0.1) is 22.5 Å². The topological polar surface area (TPSA) is 70.4 Å². The molecule has 0 aliphatic heterocycles. The molecule has 8 heteroatoms. The molecular weight excluding hydrogens is 403 g/mol. The van der Waals surface area contributed by atoms with Crippen LogP contribution >= 0.6 is 23.2 Å². The van der Waals surface area contributed by atoms with E-state index in [4.69, 9.17) is 32.7 Å². The first-order chi connectivity index (χ1) is 13.5. The van der Waals surface area contributed by atoms with Crippen molar-refractivity contribution in [3.63, 3.8) is 0 Å². The van der Waals surface area contributed by atoms with Crippen molar-refractivity contribution in [1.29, 1.82) is 0 Å². The van der Waals surface area contributed by atoms with E-state index in [1.165, 1.54) is 6.07 Å². The minimum atomic E-state index is -0.522. The summed E-state index contributed by atoms with van der Waals surface area (Å²) in [7, 11) is 0. The molecule has 1 heterocycles. The summed E-state index contributed by atoms with van der Waals surface area (Å²) < 4.78 is 12.1. The Morgan fingerprint density at radius 1 is 1.18 bits per heavy atom. The Morgan fingerprint density at radius 3 is 2.75 bits per heavy atom. The van der Waals surface area contributed by atoms with Gasteiger partial charge in [-0.15, -0.1) is 0 Å². The first-order valence-electron chi connectivity index (χ1n) is 8.65. The molecule has 6 nitrogen and oxygen atoms in total. The number of carbonyl (C=O) groups is 1. The van der Waals surface area contributed by atoms with E-state index in [0.29, 0.717) is 45.5 Å². The van der Waals surface area contributed by atoms with Gasteiger partial charge in [0.1, 0.15) is 11.6 Å². The van der Waals surface area contributed by atoms with Gasteiger partial charge in [0.2, 0.25) is 0 Å². The van der Waals surface area contributed by atoms with E-state index in [9.17, 15) is 9.59 Å². The lowest BCUT2D eigenvalue weighted by Gasteiger charge is -2.11. The highest BCUT2D eigenvalue weighted by Gasteiger charge is 2.10. The molecule has 0 N–H and O–H groups in total. The van der Waals surface area contributed by atoms with Gasteiger partial charge in [0.15, 0.2) is 6.61 Å². The zero-order chi connectivity index (χ0) is 20.1. The fourth-order valence-corrected chi connectivity index (χ4v) is 3.18. The highest BCUT2D eigenvalue weighted by Crippen LogP contribution is 2.27. The van der Waals surface area contributed by atoms with Crippen molar-refractivity contribution in [3.05, 3.63) is 68.7 Å². The highest BCUT2D eigenvalue weighted by molar-refractivity contribution is 6.35. The molecule has 0 radical (unpaired) electrons. The van der Waals surface area contributed by atoms with Gasteiger partial charge in [-0.25, -0.2) is 9.78 Å². The molecule has 0 atom stereocenters. The zero-order valence-corrected chi connectivity index (χ0v) is 16.7. The first-order valence-corrected chi connectivity index (χ1v) is 9.41. The molecule has 1 aromatic heterocycles. The smallest absolute Gasteiger partial charge is 0.344 e. The monoisotopic (exact) mass is 420 g/mol. The molecule has 0 fully saturated rings. The molecule has 146 valence electrons. The summed E-state index contributed by atoms with van der Waals surface area (Å²) in [4.78, 5) is 28.8. The maximum Gasteiger partial charge on any atom is 0.344 e. The summed E-state index contributed by atoms with van der Waals surface area (Å²) in [5.41, 5.74) is 0.570. The van der Waals surface area contributed by atoms with Crippen LogP contribution in [0.5, 0.6) is 5.75 Å². The molecule has 0 amide bonds. The van der Waals surface area contributed by atoms with Gasteiger partial charge in [0.25, 0.3) is 5.56 Å². The third-order valence-corrected chi connectivity index (χ3v) is 4.61. The largest absolute Gasteiger partial charge is 0.480 e. The average molecular weight is 421 g/mol. The van der Waals surface area contributed by atoms with Crippen LogP contribution in [0.1, 0.15) is 12.2 Å². The van der Waals surface area contributed by atoms with Crippen LogP contribution in [0.4, 0.5) is 0 Å². The van der Waals surface area contributed by atoms with Gasteiger partial charge in [-0.05, 0) is 43.7 Å². The average Bonchev–Trinajstić information content (AvgIpc) is 2.66. The van der Waals surface area contributed by atoms with Gasteiger partial charge in [-0.3, -0.25) is 9.36 Å². The number of fused-ring (bicyclic) bond motifs is 1. The van der Waals surface area contributed by atoms with Crippen molar-refractivity contribution >= 4 is 40.1 Å². The Morgan fingerprint density at radius 2 is 1.96 bits per heavy atom. The summed E-state index contributed by atoms with van der Waals surface area (Å²) in [6, 6.07) is 11.9. The molecule has 0 spiro atoms. The molecule has 3 rings (SSSR count). The number of aryl methyl sites for hydroxylation is 1. The van der Waals surface area contributed by atoms with Crippen molar-refractivity contribution in [1.82, 2.24) is 9.55 Å². The lowest BCUT2D eigenvalue weighted by molar-refractivity contribution is -0.146. The molecule has 0 bridgehead atoms. The standard InChI is InChI=1S/C20H18Cl2N2O4/c1-13-23-17-6-3-2-5-15(17)20(26)24(13)9-4-10-27-19(25)12-28-18-8-7-14(21)11-16(18)22/h2-3,5-8,11H,4,9-10,12H2,1H3. The number of para-hydroxylation sites is 1. The van der Waals surface area contributed by atoms with Crippen LogP contribution in [-0.4, -0.2) is 28.7 Å². The highest BCUT2D eigenvalue weighted by atomic mass is 35.5. The maximum absolute atomic E-state index is 12.6. The van der Waals surface area contributed by atoms with Crippen LogP contribution in [0.25, 0.3) is 10.9 Å². The minimum Gasteiger partial charge on any atom is -0.480 e. The number of esters is 1. The summed E-state index contributed by atoms with van der Waals surface area (Å²) in [5.74, 6) is 0.454. The third-order valence-electron chi connectivity index (χ3n) is 4.08. The number of ether oxygens (including phenoxy) is 2. The summed E-state index contributed by atoms with van der Waals surface area (Å²) >= 11 is 11.8. The predicted octanol–water partition coefficient (Wildman–Crippen LogP) is 4.02. The Hall–Kier alpha value is -2.57. The van der Waals surface area contributed by atoms with Crippen LogP contribution in [0, 0.1) is 6.92 Å². The van der Waals surface area contributed by atoms with E-state index in [1.54, 1.807) is 35.8 Å². The fourth-order valence-electron chi connectivity index (χ4n) is 2.72. The molecule has 0 aliphatic rings. The van der Waals surface area contributed by atoms with Crippen molar-refractivity contribution < 1.29 is 14.3 Å². The van der Waals surface area contributed by atoms with Crippen molar-refractivity contribution in [2.75, 3.05) is 13.2 Å². The lowest BCUT2D eigenvalue weighted by atomic mass is 10.2. The second-order valence-electron chi connectivity index (χ2n) is 6.07. The van der Waals surface area contributed by atoms with Crippen LogP contribution < -0.4 is 10.3 Å². The zero-order valence-electron chi connectivity index (χ0n) is 15.2. The molecule has 0 aliphatic carbocycles. The second kappa shape index (κ2) is 9.08.